The molecule has 0 aromatic carbocycles. The van der Waals surface area contributed by atoms with Gasteiger partial charge in [0.05, 0.1) is 17.3 Å². The third kappa shape index (κ3) is 4.27. The number of urea groups is 1. The Labute approximate surface area is 112 Å². The fourth-order valence-electron chi connectivity index (χ4n) is 1.59. The van der Waals surface area contributed by atoms with Crippen LogP contribution in [0.5, 0.6) is 0 Å². The number of rotatable bonds is 6. The van der Waals surface area contributed by atoms with Gasteiger partial charge in [0.25, 0.3) is 0 Å². The maximum absolute atomic E-state index is 11.5. The Morgan fingerprint density at radius 2 is 2.28 bits per heavy atom. The SMILES string of the molecule is CCc1nc(CCNC(=O)N(C)CCO)sc1C. The second-order valence-corrected chi connectivity index (χ2v) is 5.38. The minimum absolute atomic E-state index is 0.0184. The predicted octanol–water partition coefficient (Wildman–Crippen LogP) is 1.19. The molecule has 0 spiro atoms. The van der Waals surface area contributed by atoms with Gasteiger partial charge in [-0.25, -0.2) is 9.78 Å². The Morgan fingerprint density at radius 3 is 2.83 bits per heavy atom. The largest absolute Gasteiger partial charge is 0.395 e. The lowest BCUT2D eigenvalue weighted by atomic mass is 10.3. The molecule has 0 aliphatic rings. The topological polar surface area (TPSA) is 65.5 Å². The average molecular weight is 271 g/mol. The van der Waals surface area contributed by atoms with Crippen molar-refractivity contribution in [2.75, 3.05) is 26.7 Å². The van der Waals surface area contributed by atoms with Gasteiger partial charge >= 0.3 is 6.03 Å². The molecule has 0 radical (unpaired) electrons. The first-order chi connectivity index (χ1) is 8.58. The summed E-state index contributed by atoms with van der Waals surface area (Å²) >= 11 is 1.69. The lowest BCUT2D eigenvalue weighted by Crippen LogP contribution is -2.39. The summed E-state index contributed by atoms with van der Waals surface area (Å²) in [7, 11) is 1.66. The number of aromatic nitrogens is 1. The maximum Gasteiger partial charge on any atom is 0.317 e. The van der Waals surface area contributed by atoms with Gasteiger partial charge in [0, 0.05) is 31.4 Å². The molecule has 2 N–H and O–H groups in total. The highest BCUT2D eigenvalue weighted by atomic mass is 32.1. The molecule has 6 heteroatoms. The van der Waals surface area contributed by atoms with Crippen LogP contribution < -0.4 is 5.32 Å². The van der Waals surface area contributed by atoms with Gasteiger partial charge < -0.3 is 15.3 Å². The fraction of sp³-hybridized carbons (Fsp3) is 0.667. The number of amides is 2. The van der Waals surface area contributed by atoms with Gasteiger partial charge in [-0.2, -0.15) is 0 Å². The van der Waals surface area contributed by atoms with Crippen LogP contribution in [-0.4, -0.2) is 47.8 Å². The standard InChI is InChI=1S/C12H21N3O2S/c1-4-10-9(2)18-11(14-10)5-6-13-12(17)15(3)7-8-16/h16H,4-8H2,1-3H3,(H,13,17). The first-order valence-electron chi connectivity index (χ1n) is 6.13. The zero-order valence-electron chi connectivity index (χ0n) is 11.2. The number of aliphatic hydroxyl groups excluding tert-OH is 1. The number of aryl methyl sites for hydroxylation is 2. The molecular formula is C12H21N3O2S. The number of thiazole rings is 1. The molecule has 5 nitrogen and oxygen atoms in total. The highest BCUT2D eigenvalue weighted by Gasteiger charge is 2.08. The van der Waals surface area contributed by atoms with Crippen molar-refractivity contribution in [3.8, 4) is 0 Å². The van der Waals surface area contributed by atoms with Gasteiger partial charge in [-0.15, -0.1) is 11.3 Å². The van der Waals surface area contributed by atoms with E-state index in [1.165, 1.54) is 9.78 Å². The number of carbonyl (C=O) groups excluding carboxylic acids is 1. The Kier molecular flexibility index (Phi) is 6.07. The summed E-state index contributed by atoms with van der Waals surface area (Å²) in [6.45, 7) is 5.08. The number of hydrogen-bond acceptors (Lipinski definition) is 4. The van der Waals surface area contributed by atoms with Crippen molar-refractivity contribution in [2.45, 2.75) is 26.7 Å². The van der Waals surface area contributed by atoms with E-state index < -0.39 is 0 Å². The monoisotopic (exact) mass is 271 g/mol. The minimum atomic E-state index is -0.159. The molecule has 102 valence electrons. The lowest BCUT2D eigenvalue weighted by molar-refractivity contribution is 0.190. The quantitative estimate of drug-likeness (QED) is 0.817. The Morgan fingerprint density at radius 1 is 1.56 bits per heavy atom. The van der Waals surface area contributed by atoms with Crippen LogP contribution in [0.2, 0.25) is 0 Å². The van der Waals surface area contributed by atoms with Crippen molar-refractivity contribution >= 4 is 17.4 Å². The molecule has 18 heavy (non-hydrogen) atoms. The van der Waals surface area contributed by atoms with E-state index in [-0.39, 0.29) is 12.6 Å². The summed E-state index contributed by atoms with van der Waals surface area (Å²) in [5, 5.41) is 12.6. The van der Waals surface area contributed by atoms with Crippen molar-refractivity contribution in [2.24, 2.45) is 0 Å². The van der Waals surface area contributed by atoms with E-state index >= 15 is 0 Å². The van der Waals surface area contributed by atoms with Crippen LogP contribution >= 0.6 is 11.3 Å². The molecule has 0 saturated carbocycles. The summed E-state index contributed by atoms with van der Waals surface area (Å²) in [5.41, 5.74) is 1.15. The minimum Gasteiger partial charge on any atom is -0.395 e. The number of nitrogens with one attached hydrogen (secondary N) is 1. The summed E-state index contributed by atoms with van der Waals surface area (Å²) in [6, 6.07) is -0.159. The van der Waals surface area contributed by atoms with Crippen molar-refractivity contribution < 1.29 is 9.90 Å². The molecule has 1 aromatic rings. The van der Waals surface area contributed by atoms with Crippen LogP contribution in [-0.2, 0) is 12.8 Å². The van der Waals surface area contributed by atoms with Crippen molar-refractivity contribution in [1.82, 2.24) is 15.2 Å². The van der Waals surface area contributed by atoms with Gasteiger partial charge in [0.1, 0.15) is 0 Å². The highest BCUT2D eigenvalue weighted by Crippen LogP contribution is 2.17. The number of aliphatic hydroxyl groups is 1. The van der Waals surface area contributed by atoms with E-state index in [4.69, 9.17) is 5.11 Å². The van der Waals surface area contributed by atoms with Crippen LogP contribution in [0.25, 0.3) is 0 Å². The molecule has 1 rings (SSSR count). The van der Waals surface area contributed by atoms with E-state index in [1.807, 2.05) is 0 Å². The van der Waals surface area contributed by atoms with E-state index in [0.717, 1.165) is 23.5 Å². The molecule has 0 fully saturated rings. The Hall–Kier alpha value is -1.14. The van der Waals surface area contributed by atoms with Crippen LogP contribution in [0.15, 0.2) is 0 Å². The van der Waals surface area contributed by atoms with Crippen LogP contribution in [0.3, 0.4) is 0 Å². The maximum atomic E-state index is 11.5. The first kappa shape index (κ1) is 14.9. The molecule has 0 bridgehead atoms. The second-order valence-electron chi connectivity index (χ2n) is 4.09. The smallest absolute Gasteiger partial charge is 0.317 e. The predicted molar refractivity (Wildman–Crippen MR) is 73.0 cm³/mol. The van der Waals surface area contributed by atoms with Gasteiger partial charge in [-0.3, -0.25) is 0 Å². The Bertz CT molecular complexity index is 393. The van der Waals surface area contributed by atoms with Crippen LogP contribution in [0.4, 0.5) is 4.79 Å². The molecule has 0 aliphatic heterocycles. The number of likely N-dealkylation sites (N-methyl/N-ethyl adjacent to an activating group) is 1. The first-order valence-corrected chi connectivity index (χ1v) is 6.95. The molecule has 1 aromatic heterocycles. The number of carbonyl (C=O) groups is 1. The number of nitrogens with zero attached hydrogens (tertiary/aromatic N) is 2. The van der Waals surface area contributed by atoms with Gasteiger partial charge in [-0.1, -0.05) is 6.92 Å². The van der Waals surface area contributed by atoms with Crippen molar-refractivity contribution in [3.63, 3.8) is 0 Å². The van der Waals surface area contributed by atoms with E-state index in [0.29, 0.717) is 13.1 Å². The third-order valence-electron chi connectivity index (χ3n) is 2.67. The summed E-state index contributed by atoms with van der Waals surface area (Å²) in [6.07, 6.45) is 1.71. The number of hydrogen-bond donors (Lipinski definition) is 2. The van der Waals surface area contributed by atoms with Gasteiger partial charge in [0.2, 0.25) is 0 Å². The third-order valence-corrected chi connectivity index (χ3v) is 3.74. The van der Waals surface area contributed by atoms with Crippen LogP contribution in [0.1, 0.15) is 22.5 Å². The normalized spacial score (nSPS) is 10.4. The molecular weight excluding hydrogens is 250 g/mol. The molecule has 2 amide bonds. The zero-order valence-corrected chi connectivity index (χ0v) is 12.0. The van der Waals surface area contributed by atoms with E-state index in [1.54, 1.807) is 18.4 Å². The molecule has 1 heterocycles. The average Bonchev–Trinajstić information content (AvgIpc) is 2.70. The highest BCUT2D eigenvalue weighted by molar-refractivity contribution is 7.11. The summed E-state index contributed by atoms with van der Waals surface area (Å²) < 4.78 is 0. The summed E-state index contributed by atoms with van der Waals surface area (Å²) in [5.74, 6) is 0. The van der Waals surface area contributed by atoms with E-state index in [2.05, 4.69) is 24.1 Å². The lowest BCUT2D eigenvalue weighted by Gasteiger charge is -2.16. The van der Waals surface area contributed by atoms with Crippen molar-refractivity contribution in [3.05, 3.63) is 15.6 Å². The zero-order chi connectivity index (χ0) is 13.5. The van der Waals surface area contributed by atoms with Gasteiger partial charge in [-0.05, 0) is 13.3 Å². The Balaban J connectivity index is 2.35. The fourth-order valence-corrected chi connectivity index (χ4v) is 2.61. The second kappa shape index (κ2) is 7.33. The van der Waals surface area contributed by atoms with E-state index in [9.17, 15) is 4.79 Å². The van der Waals surface area contributed by atoms with Gasteiger partial charge in [0.15, 0.2) is 0 Å². The summed E-state index contributed by atoms with van der Waals surface area (Å²) in [4.78, 5) is 18.8. The molecule has 0 unspecified atom stereocenters. The molecule has 0 atom stereocenters. The van der Waals surface area contributed by atoms with Crippen LogP contribution in [0, 0.1) is 6.92 Å². The van der Waals surface area contributed by atoms with Crippen molar-refractivity contribution in [1.29, 1.82) is 0 Å². The molecule has 0 saturated heterocycles. The molecule has 0 aliphatic carbocycles.